The average Bonchev–Trinajstić information content (AvgIpc) is 2.53. The van der Waals surface area contributed by atoms with Crippen LogP contribution < -0.4 is 5.43 Å². The molecular formula is C16H13ClN4. The maximum atomic E-state index is 5.98. The molecule has 4 nitrogen and oxygen atoms in total. The van der Waals surface area contributed by atoms with Crippen molar-refractivity contribution in [1.82, 2.24) is 9.97 Å². The fraction of sp³-hybridized carbons (Fsp3) is 0.0625. The Balaban J connectivity index is 1.92. The van der Waals surface area contributed by atoms with Crippen molar-refractivity contribution in [3.63, 3.8) is 0 Å². The minimum Gasteiger partial charge on any atom is -0.277 e. The number of hydrogen-bond donors (Lipinski definition) is 1. The molecule has 0 aliphatic carbocycles. The third-order valence-corrected chi connectivity index (χ3v) is 3.38. The maximum absolute atomic E-state index is 5.98. The highest BCUT2D eigenvalue weighted by Gasteiger charge is 2.02. The molecule has 0 fully saturated rings. The zero-order chi connectivity index (χ0) is 14.7. The van der Waals surface area contributed by atoms with Gasteiger partial charge in [0.15, 0.2) is 0 Å². The summed E-state index contributed by atoms with van der Waals surface area (Å²) in [4.78, 5) is 8.31. The lowest BCUT2D eigenvalue weighted by molar-refractivity contribution is 1.29. The first-order valence-electron chi connectivity index (χ1n) is 6.49. The minimum atomic E-state index is 0.670. The molecule has 0 aliphatic heterocycles. The smallest absolute Gasteiger partial charge is 0.0738 e. The Labute approximate surface area is 127 Å². The van der Waals surface area contributed by atoms with Crippen LogP contribution in [0.3, 0.4) is 0 Å². The molecule has 0 saturated carbocycles. The molecule has 0 amide bonds. The second-order valence-electron chi connectivity index (χ2n) is 4.56. The quantitative estimate of drug-likeness (QED) is 0.584. The summed E-state index contributed by atoms with van der Waals surface area (Å²) in [5.74, 6) is 0. The normalized spacial score (nSPS) is 11.6. The van der Waals surface area contributed by atoms with Gasteiger partial charge in [-0.1, -0.05) is 11.6 Å². The molecule has 2 aromatic heterocycles. The standard InChI is InChI=1S/C16H13ClN4/c1-11(12-4-7-18-8-5-12)20-21-15-6-9-19-16-10-13(17)2-3-14(15)16/h2-10H,1H3,(H,19,21). The van der Waals surface area contributed by atoms with E-state index in [9.17, 15) is 0 Å². The summed E-state index contributed by atoms with van der Waals surface area (Å²) in [5, 5.41) is 6.07. The van der Waals surface area contributed by atoms with Gasteiger partial charge in [-0.05, 0) is 43.3 Å². The van der Waals surface area contributed by atoms with Crippen LogP contribution in [0.15, 0.2) is 60.1 Å². The molecule has 0 aliphatic rings. The summed E-state index contributed by atoms with van der Waals surface area (Å²) in [5.41, 5.74) is 6.73. The van der Waals surface area contributed by atoms with E-state index in [2.05, 4.69) is 20.5 Å². The number of aromatic nitrogens is 2. The molecule has 5 heteroatoms. The molecule has 0 bridgehead atoms. The lowest BCUT2D eigenvalue weighted by atomic mass is 10.2. The second kappa shape index (κ2) is 5.89. The predicted molar refractivity (Wildman–Crippen MR) is 86.8 cm³/mol. The van der Waals surface area contributed by atoms with Crippen molar-refractivity contribution in [2.75, 3.05) is 5.43 Å². The number of rotatable bonds is 3. The highest BCUT2D eigenvalue weighted by molar-refractivity contribution is 6.31. The van der Waals surface area contributed by atoms with Crippen LogP contribution in [0.4, 0.5) is 5.69 Å². The molecule has 104 valence electrons. The summed E-state index contributed by atoms with van der Waals surface area (Å²) in [6.45, 7) is 1.95. The first-order chi connectivity index (χ1) is 10.2. The molecule has 0 spiro atoms. The van der Waals surface area contributed by atoms with Crippen LogP contribution in [0.5, 0.6) is 0 Å². The number of benzene rings is 1. The Bertz CT molecular complexity index is 800. The molecule has 21 heavy (non-hydrogen) atoms. The molecule has 0 unspecified atom stereocenters. The third-order valence-electron chi connectivity index (χ3n) is 3.15. The van der Waals surface area contributed by atoms with E-state index in [4.69, 9.17) is 11.6 Å². The van der Waals surface area contributed by atoms with E-state index in [1.54, 1.807) is 18.6 Å². The van der Waals surface area contributed by atoms with Crippen LogP contribution in [0, 0.1) is 0 Å². The zero-order valence-corrected chi connectivity index (χ0v) is 12.2. The Morgan fingerprint density at radius 3 is 2.71 bits per heavy atom. The summed E-state index contributed by atoms with van der Waals surface area (Å²) in [6.07, 6.45) is 5.23. The molecule has 2 heterocycles. The van der Waals surface area contributed by atoms with Crippen LogP contribution >= 0.6 is 11.6 Å². The minimum absolute atomic E-state index is 0.670. The fourth-order valence-corrected chi connectivity index (χ4v) is 2.19. The molecule has 1 N–H and O–H groups in total. The summed E-state index contributed by atoms with van der Waals surface area (Å²) < 4.78 is 0. The van der Waals surface area contributed by atoms with Crippen molar-refractivity contribution in [2.45, 2.75) is 6.92 Å². The number of halogens is 1. The van der Waals surface area contributed by atoms with E-state index >= 15 is 0 Å². The van der Waals surface area contributed by atoms with Gasteiger partial charge in [0.1, 0.15) is 0 Å². The lowest BCUT2D eigenvalue weighted by Gasteiger charge is -2.07. The van der Waals surface area contributed by atoms with Crippen LogP contribution in [-0.4, -0.2) is 15.7 Å². The lowest BCUT2D eigenvalue weighted by Crippen LogP contribution is -2.00. The molecular weight excluding hydrogens is 284 g/mol. The van der Waals surface area contributed by atoms with E-state index in [1.165, 1.54) is 0 Å². The first kappa shape index (κ1) is 13.5. The van der Waals surface area contributed by atoms with Crippen LogP contribution in [0.2, 0.25) is 5.02 Å². The highest BCUT2D eigenvalue weighted by Crippen LogP contribution is 2.24. The van der Waals surface area contributed by atoms with E-state index in [0.717, 1.165) is 27.9 Å². The number of hydrogen-bond acceptors (Lipinski definition) is 4. The Morgan fingerprint density at radius 2 is 1.90 bits per heavy atom. The largest absolute Gasteiger partial charge is 0.277 e. The molecule has 0 atom stereocenters. The number of anilines is 1. The van der Waals surface area contributed by atoms with Gasteiger partial charge in [-0.3, -0.25) is 15.4 Å². The maximum Gasteiger partial charge on any atom is 0.0738 e. The average molecular weight is 297 g/mol. The van der Waals surface area contributed by atoms with Gasteiger partial charge < -0.3 is 0 Å². The number of nitrogens with one attached hydrogen (secondary N) is 1. The number of pyridine rings is 2. The van der Waals surface area contributed by atoms with Gasteiger partial charge >= 0.3 is 0 Å². The first-order valence-corrected chi connectivity index (χ1v) is 6.87. The van der Waals surface area contributed by atoms with Gasteiger partial charge in [0.25, 0.3) is 0 Å². The monoisotopic (exact) mass is 296 g/mol. The predicted octanol–water partition coefficient (Wildman–Crippen LogP) is 4.12. The summed E-state index contributed by atoms with van der Waals surface area (Å²) in [6, 6.07) is 11.3. The SMILES string of the molecule is CC(=NNc1ccnc2cc(Cl)ccc12)c1ccncc1. The second-order valence-corrected chi connectivity index (χ2v) is 5.00. The number of nitrogens with zero attached hydrogens (tertiary/aromatic N) is 3. The molecule has 0 saturated heterocycles. The van der Waals surface area contributed by atoms with Crippen molar-refractivity contribution in [3.05, 3.63) is 65.6 Å². The van der Waals surface area contributed by atoms with Crippen molar-refractivity contribution >= 4 is 33.9 Å². The Hall–Kier alpha value is -2.46. The number of fused-ring (bicyclic) bond motifs is 1. The van der Waals surface area contributed by atoms with Gasteiger partial charge in [-0.25, -0.2) is 0 Å². The Kier molecular flexibility index (Phi) is 3.79. The van der Waals surface area contributed by atoms with Gasteiger partial charge in [-0.15, -0.1) is 0 Å². The van der Waals surface area contributed by atoms with Gasteiger partial charge in [-0.2, -0.15) is 5.10 Å². The zero-order valence-electron chi connectivity index (χ0n) is 11.4. The highest BCUT2D eigenvalue weighted by atomic mass is 35.5. The molecule has 3 rings (SSSR count). The van der Waals surface area contributed by atoms with E-state index in [-0.39, 0.29) is 0 Å². The van der Waals surface area contributed by atoms with Crippen LogP contribution in [0.25, 0.3) is 10.9 Å². The van der Waals surface area contributed by atoms with E-state index < -0.39 is 0 Å². The van der Waals surface area contributed by atoms with E-state index in [0.29, 0.717) is 5.02 Å². The van der Waals surface area contributed by atoms with Gasteiger partial charge in [0.2, 0.25) is 0 Å². The molecule has 0 radical (unpaired) electrons. The van der Waals surface area contributed by atoms with Gasteiger partial charge in [0, 0.05) is 34.6 Å². The van der Waals surface area contributed by atoms with Crippen molar-refractivity contribution < 1.29 is 0 Å². The van der Waals surface area contributed by atoms with Crippen molar-refractivity contribution in [3.8, 4) is 0 Å². The van der Waals surface area contributed by atoms with E-state index in [1.807, 2.05) is 43.3 Å². The topological polar surface area (TPSA) is 50.2 Å². The molecule has 3 aromatic rings. The Morgan fingerprint density at radius 1 is 1.10 bits per heavy atom. The fourth-order valence-electron chi connectivity index (χ4n) is 2.02. The summed E-state index contributed by atoms with van der Waals surface area (Å²) in [7, 11) is 0. The van der Waals surface area contributed by atoms with Crippen molar-refractivity contribution in [2.24, 2.45) is 5.10 Å². The molecule has 1 aromatic carbocycles. The number of hydrazone groups is 1. The van der Waals surface area contributed by atoms with Crippen LogP contribution in [-0.2, 0) is 0 Å². The summed E-state index contributed by atoms with van der Waals surface area (Å²) >= 11 is 5.98. The third kappa shape index (κ3) is 3.01. The van der Waals surface area contributed by atoms with Gasteiger partial charge in [0.05, 0.1) is 16.9 Å². The van der Waals surface area contributed by atoms with Crippen molar-refractivity contribution in [1.29, 1.82) is 0 Å². The van der Waals surface area contributed by atoms with Crippen LogP contribution in [0.1, 0.15) is 12.5 Å².